The molecule has 0 fully saturated rings. The molecule has 0 bridgehead atoms. The molecule has 0 heterocycles. The van der Waals surface area contributed by atoms with Crippen LogP contribution in [0.2, 0.25) is 0 Å². The Balaban J connectivity index is 2.73. The molecule has 0 aliphatic rings. The van der Waals surface area contributed by atoms with E-state index in [0.717, 1.165) is 29.9 Å². The Morgan fingerprint density at radius 3 is 2.68 bits per heavy atom. The van der Waals surface area contributed by atoms with Crippen molar-refractivity contribution in [3.05, 3.63) is 29.3 Å². The van der Waals surface area contributed by atoms with E-state index in [1.807, 2.05) is 25.1 Å². The van der Waals surface area contributed by atoms with Crippen LogP contribution in [0.4, 0.5) is 0 Å². The summed E-state index contributed by atoms with van der Waals surface area (Å²) in [5.74, 6) is 1.46. The van der Waals surface area contributed by atoms with Crippen LogP contribution in [0.25, 0.3) is 0 Å². The van der Waals surface area contributed by atoms with Crippen molar-refractivity contribution < 1.29 is 4.74 Å². The number of benzene rings is 1. The third-order valence-electron chi connectivity index (χ3n) is 3.48. The Labute approximate surface area is 122 Å². The van der Waals surface area contributed by atoms with Crippen LogP contribution in [0.5, 0.6) is 5.75 Å². The van der Waals surface area contributed by atoms with Crippen molar-refractivity contribution in [1.29, 1.82) is 0 Å². The lowest BCUT2D eigenvalue weighted by atomic mass is 10.0. The molecule has 19 heavy (non-hydrogen) atoms. The number of thiocarbonyl (C=S) groups is 1. The van der Waals surface area contributed by atoms with Crippen LogP contribution in [0.3, 0.4) is 0 Å². The molecule has 1 unspecified atom stereocenters. The molecule has 0 radical (unpaired) electrons. The first-order chi connectivity index (χ1) is 9.10. The lowest BCUT2D eigenvalue weighted by Gasteiger charge is -2.18. The molecule has 2 nitrogen and oxygen atoms in total. The lowest BCUT2D eigenvalue weighted by Crippen LogP contribution is -2.16. The highest BCUT2D eigenvalue weighted by Gasteiger charge is 2.12. The van der Waals surface area contributed by atoms with Gasteiger partial charge in [0.2, 0.25) is 0 Å². The average molecular weight is 279 g/mol. The monoisotopic (exact) mass is 279 g/mol. The quantitative estimate of drug-likeness (QED) is 0.723. The van der Waals surface area contributed by atoms with Gasteiger partial charge in [-0.3, -0.25) is 0 Å². The van der Waals surface area contributed by atoms with Gasteiger partial charge in [0.15, 0.2) is 0 Å². The van der Waals surface area contributed by atoms with Gasteiger partial charge in [-0.25, -0.2) is 0 Å². The van der Waals surface area contributed by atoms with Gasteiger partial charge in [0, 0.05) is 0 Å². The largest absolute Gasteiger partial charge is 0.492 e. The van der Waals surface area contributed by atoms with Gasteiger partial charge in [0.1, 0.15) is 10.7 Å². The highest BCUT2D eigenvalue weighted by Crippen LogP contribution is 2.25. The number of hydrogen-bond acceptors (Lipinski definition) is 2. The zero-order valence-electron chi connectivity index (χ0n) is 12.2. The van der Waals surface area contributed by atoms with E-state index in [1.165, 1.54) is 19.3 Å². The molecular formula is C16H25NOS. The minimum absolute atomic E-state index is 0.403. The number of para-hydroxylation sites is 1. The van der Waals surface area contributed by atoms with Gasteiger partial charge < -0.3 is 10.5 Å². The second-order valence-corrected chi connectivity index (χ2v) is 5.48. The lowest BCUT2D eigenvalue weighted by molar-refractivity contribution is 0.232. The van der Waals surface area contributed by atoms with E-state index in [-0.39, 0.29) is 0 Å². The topological polar surface area (TPSA) is 35.2 Å². The predicted octanol–water partition coefficient (Wildman–Crippen LogP) is 4.22. The van der Waals surface area contributed by atoms with Crippen LogP contribution in [0.1, 0.15) is 50.7 Å². The second kappa shape index (κ2) is 8.16. The maximum atomic E-state index is 6.01. The summed E-state index contributed by atoms with van der Waals surface area (Å²) in [6.45, 7) is 7.22. The molecule has 0 aromatic heterocycles. The first-order valence-electron chi connectivity index (χ1n) is 7.12. The van der Waals surface area contributed by atoms with Gasteiger partial charge in [0.25, 0.3) is 0 Å². The molecule has 0 saturated carbocycles. The van der Waals surface area contributed by atoms with E-state index in [0.29, 0.717) is 10.9 Å². The van der Waals surface area contributed by atoms with E-state index < -0.39 is 0 Å². The molecule has 1 atom stereocenters. The van der Waals surface area contributed by atoms with Crippen LogP contribution in [0, 0.1) is 12.8 Å². The summed E-state index contributed by atoms with van der Waals surface area (Å²) in [6.07, 6.45) is 4.87. The third kappa shape index (κ3) is 4.83. The molecule has 1 aromatic carbocycles. The number of unbranched alkanes of at least 4 members (excludes halogenated alkanes) is 1. The number of aryl methyl sites for hydroxylation is 1. The Hall–Kier alpha value is -1.09. The summed E-state index contributed by atoms with van der Waals surface area (Å²) in [5.41, 5.74) is 7.69. The molecule has 1 aromatic rings. The first-order valence-corrected chi connectivity index (χ1v) is 7.53. The summed E-state index contributed by atoms with van der Waals surface area (Å²) < 4.78 is 6.01. The van der Waals surface area contributed by atoms with Crippen molar-refractivity contribution in [2.75, 3.05) is 6.61 Å². The second-order valence-electron chi connectivity index (χ2n) is 5.04. The van der Waals surface area contributed by atoms with Gasteiger partial charge in [-0.1, -0.05) is 57.5 Å². The molecule has 0 aliphatic carbocycles. The minimum Gasteiger partial charge on any atom is -0.492 e. The molecule has 2 N–H and O–H groups in total. The standard InChI is InChI=1S/C16H25NOS/c1-4-6-9-13(5-2)11-18-15-12(3)8-7-10-14(15)16(17)19/h7-8,10,13H,4-6,9,11H2,1-3H3,(H2,17,19). The van der Waals surface area contributed by atoms with Gasteiger partial charge in [-0.15, -0.1) is 0 Å². The van der Waals surface area contributed by atoms with Gasteiger partial charge in [-0.2, -0.15) is 0 Å². The van der Waals surface area contributed by atoms with Crippen molar-refractivity contribution in [2.24, 2.45) is 11.7 Å². The van der Waals surface area contributed by atoms with Crippen molar-refractivity contribution in [3.63, 3.8) is 0 Å². The normalized spacial score (nSPS) is 12.2. The summed E-state index contributed by atoms with van der Waals surface area (Å²) in [5, 5.41) is 0. The fourth-order valence-corrected chi connectivity index (χ4v) is 2.30. The van der Waals surface area contributed by atoms with Gasteiger partial charge >= 0.3 is 0 Å². The molecule has 0 aliphatic heterocycles. The minimum atomic E-state index is 0.403. The average Bonchev–Trinajstić information content (AvgIpc) is 2.40. The van der Waals surface area contributed by atoms with Crippen molar-refractivity contribution >= 4 is 17.2 Å². The molecule has 1 rings (SSSR count). The molecule has 3 heteroatoms. The maximum Gasteiger partial charge on any atom is 0.132 e. The summed E-state index contributed by atoms with van der Waals surface area (Å²) in [7, 11) is 0. The SMILES string of the molecule is CCCCC(CC)COc1c(C)cccc1C(N)=S. The van der Waals surface area contributed by atoms with Crippen molar-refractivity contribution in [1.82, 2.24) is 0 Å². The van der Waals surface area contributed by atoms with E-state index in [9.17, 15) is 0 Å². The van der Waals surface area contributed by atoms with E-state index in [2.05, 4.69) is 13.8 Å². The number of nitrogens with two attached hydrogens (primary N) is 1. The van der Waals surface area contributed by atoms with E-state index in [4.69, 9.17) is 22.7 Å². The van der Waals surface area contributed by atoms with Crippen LogP contribution in [-0.4, -0.2) is 11.6 Å². The first kappa shape index (κ1) is 16.0. The highest BCUT2D eigenvalue weighted by atomic mass is 32.1. The summed E-state index contributed by atoms with van der Waals surface area (Å²) in [6, 6.07) is 5.92. The molecule has 0 spiro atoms. The summed E-state index contributed by atoms with van der Waals surface area (Å²) >= 11 is 5.09. The molecule has 106 valence electrons. The molecule has 0 amide bonds. The fourth-order valence-electron chi connectivity index (χ4n) is 2.14. The van der Waals surface area contributed by atoms with Crippen molar-refractivity contribution in [2.45, 2.75) is 46.5 Å². The van der Waals surface area contributed by atoms with Crippen LogP contribution < -0.4 is 10.5 Å². The van der Waals surface area contributed by atoms with E-state index >= 15 is 0 Å². The highest BCUT2D eigenvalue weighted by molar-refractivity contribution is 7.80. The molecule has 0 saturated heterocycles. The Bertz CT molecular complexity index is 417. The van der Waals surface area contributed by atoms with Crippen LogP contribution in [-0.2, 0) is 0 Å². The molecular weight excluding hydrogens is 254 g/mol. The Kier molecular flexibility index (Phi) is 6.85. The smallest absolute Gasteiger partial charge is 0.132 e. The van der Waals surface area contributed by atoms with Gasteiger partial charge in [0.05, 0.1) is 12.2 Å². The van der Waals surface area contributed by atoms with Crippen LogP contribution in [0.15, 0.2) is 18.2 Å². The maximum absolute atomic E-state index is 6.01. The third-order valence-corrected chi connectivity index (χ3v) is 3.70. The van der Waals surface area contributed by atoms with Crippen LogP contribution >= 0.6 is 12.2 Å². The number of hydrogen-bond donors (Lipinski definition) is 1. The number of ether oxygens (including phenoxy) is 1. The van der Waals surface area contributed by atoms with Gasteiger partial charge in [-0.05, 0) is 30.9 Å². The Morgan fingerprint density at radius 2 is 2.11 bits per heavy atom. The zero-order valence-corrected chi connectivity index (χ0v) is 13.1. The van der Waals surface area contributed by atoms with E-state index in [1.54, 1.807) is 0 Å². The number of rotatable bonds is 8. The predicted molar refractivity (Wildman–Crippen MR) is 85.9 cm³/mol. The summed E-state index contributed by atoms with van der Waals surface area (Å²) in [4.78, 5) is 0.403. The van der Waals surface area contributed by atoms with Crippen molar-refractivity contribution in [3.8, 4) is 5.75 Å². The Morgan fingerprint density at radius 1 is 1.37 bits per heavy atom. The fraction of sp³-hybridized carbons (Fsp3) is 0.562. The zero-order chi connectivity index (χ0) is 14.3.